The average Bonchev–Trinajstić information content (AvgIpc) is 2.62. The van der Waals surface area contributed by atoms with E-state index in [1.54, 1.807) is 0 Å². The molecule has 5 heteroatoms. The highest BCUT2D eigenvalue weighted by molar-refractivity contribution is 6.42. The predicted molar refractivity (Wildman–Crippen MR) is 97.1 cm³/mol. The van der Waals surface area contributed by atoms with Crippen molar-refractivity contribution in [3.63, 3.8) is 0 Å². The maximum absolute atomic E-state index is 11.9. The second-order valence-electron chi connectivity index (χ2n) is 5.98. The first-order valence-electron chi connectivity index (χ1n) is 7.89. The maximum atomic E-state index is 11.9. The highest BCUT2D eigenvalue weighted by Crippen LogP contribution is 2.42. The van der Waals surface area contributed by atoms with Crippen LogP contribution in [0.4, 0.5) is 0 Å². The number of rotatable bonds is 3. The molecule has 24 heavy (non-hydrogen) atoms. The monoisotopic (exact) mass is 363 g/mol. The van der Waals surface area contributed by atoms with Gasteiger partial charge in [-0.2, -0.15) is 0 Å². The first kappa shape index (κ1) is 17.3. The minimum atomic E-state index is -0.322. The van der Waals surface area contributed by atoms with E-state index in [9.17, 15) is 4.79 Å². The molecule has 0 amide bonds. The van der Waals surface area contributed by atoms with Gasteiger partial charge in [0.05, 0.1) is 22.7 Å². The van der Waals surface area contributed by atoms with Crippen LogP contribution in [-0.2, 0) is 4.74 Å². The Hall–Kier alpha value is -1.55. The number of fused-ring (bicyclic) bond motifs is 1. The molecule has 0 aliphatic heterocycles. The Bertz CT molecular complexity index is 776. The van der Waals surface area contributed by atoms with Crippen LogP contribution in [0, 0.1) is 0 Å². The lowest BCUT2D eigenvalue weighted by molar-refractivity contribution is 0.0600. The molecule has 0 saturated carbocycles. The van der Waals surface area contributed by atoms with E-state index in [1.807, 2.05) is 43.4 Å². The molecule has 0 aromatic heterocycles. The van der Waals surface area contributed by atoms with Crippen LogP contribution >= 0.6 is 23.2 Å². The molecule has 3 rings (SSSR count). The quantitative estimate of drug-likeness (QED) is 0.782. The van der Waals surface area contributed by atoms with Gasteiger partial charge in [0.15, 0.2) is 0 Å². The minimum Gasteiger partial charge on any atom is -0.465 e. The van der Waals surface area contributed by atoms with Crippen molar-refractivity contribution in [3.05, 3.63) is 68.7 Å². The lowest BCUT2D eigenvalue weighted by Gasteiger charge is -2.32. The third-order valence-electron chi connectivity index (χ3n) is 4.70. The Morgan fingerprint density at radius 2 is 1.88 bits per heavy atom. The fraction of sp³-hybridized carbons (Fsp3) is 0.316. The van der Waals surface area contributed by atoms with Crippen LogP contribution in [0.15, 0.2) is 36.4 Å². The number of benzene rings is 2. The molecule has 0 spiro atoms. The number of hydrogen-bond acceptors (Lipinski definition) is 3. The number of methoxy groups -OCH3 is 1. The summed E-state index contributed by atoms with van der Waals surface area (Å²) in [6.07, 6.45) is 1.99. The number of carbonyl (C=O) groups excluding carboxylic acids is 1. The Balaban J connectivity index is 2.10. The van der Waals surface area contributed by atoms with Gasteiger partial charge in [-0.05, 0) is 60.8 Å². The van der Waals surface area contributed by atoms with E-state index in [1.165, 1.54) is 12.7 Å². The molecule has 0 saturated heterocycles. The second-order valence-corrected chi connectivity index (χ2v) is 6.79. The smallest absolute Gasteiger partial charge is 0.337 e. The topological polar surface area (TPSA) is 38.3 Å². The van der Waals surface area contributed by atoms with Crippen LogP contribution in [0.3, 0.4) is 0 Å². The van der Waals surface area contributed by atoms with Crippen LogP contribution < -0.4 is 5.32 Å². The number of esters is 1. The lowest BCUT2D eigenvalue weighted by atomic mass is 9.76. The van der Waals surface area contributed by atoms with E-state index in [-0.39, 0.29) is 17.9 Å². The van der Waals surface area contributed by atoms with Crippen molar-refractivity contribution in [2.75, 3.05) is 14.2 Å². The van der Waals surface area contributed by atoms with Crippen LogP contribution in [0.1, 0.15) is 51.8 Å². The first-order valence-corrected chi connectivity index (χ1v) is 8.65. The molecule has 2 aromatic carbocycles. The van der Waals surface area contributed by atoms with E-state index in [0.29, 0.717) is 15.6 Å². The maximum Gasteiger partial charge on any atom is 0.337 e. The summed E-state index contributed by atoms with van der Waals surface area (Å²) < 4.78 is 4.86. The number of halogens is 2. The van der Waals surface area contributed by atoms with Crippen molar-refractivity contribution in [1.29, 1.82) is 0 Å². The van der Waals surface area contributed by atoms with Gasteiger partial charge in [0.25, 0.3) is 0 Å². The fourth-order valence-corrected chi connectivity index (χ4v) is 3.76. The number of nitrogens with one attached hydrogen (secondary N) is 1. The van der Waals surface area contributed by atoms with Crippen molar-refractivity contribution in [1.82, 2.24) is 5.32 Å². The van der Waals surface area contributed by atoms with Gasteiger partial charge in [0.1, 0.15) is 0 Å². The highest BCUT2D eigenvalue weighted by atomic mass is 35.5. The van der Waals surface area contributed by atoms with E-state index < -0.39 is 0 Å². The van der Waals surface area contributed by atoms with E-state index in [0.717, 1.165) is 24.0 Å². The zero-order chi connectivity index (χ0) is 17.3. The fourth-order valence-electron chi connectivity index (χ4n) is 3.46. The molecule has 0 radical (unpaired) electrons. The average molecular weight is 364 g/mol. The van der Waals surface area contributed by atoms with Crippen molar-refractivity contribution >= 4 is 29.2 Å². The zero-order valence-corrected chi connectivity index (χ0v) is 15.1. The summed E-state index contributed by atoms with van der Waals surface area (Å²) in [7, 11) is 3.36. The van der Waals surface area contributed by atoms with Gasteiger partial charge in [0.2, 0.25) is 0 Å². The third-order valence-corrected chi connectivity index (χ3v) is 5.44. The van der Waals surface area contributed by atoms with Crippen LogP contribution in [0.2, 0.25) is 10.0 Å². The first-order chi connectivity index (χ1) is 11.5. The molecule has 1 aliphatic rings. The van der Waals surface area contributed by atoms with Gasteiger partial charge in [-0.15, -0.1) is 0 Å². The lowest BCUT2D eigenvalue weighted by Crippen LogP contribution is -2.24. The Labute approximate surface area is 151 Å². The summed E-state index contributed by atoms with van der Waals surface area (Å²) in [6.45, 7) is 0. The van der Waals surface area contributed by atoms with E-state index in [4.69, 9.17) is 27.9 Å². The molecule has 0 heterocycles. The Morgan fingerprint density at radius 3 is 2.54 bits per heavy atom. The molecule has 126 valence electrons. The summed E-state index contributed by atoms with van der Waals surface area (Å²) in [4.78, 5) is 11.9. The largest absolute Gasteiger partial charge is 0.465 e. The Kier molecular flexibility index (Phi) is 5.14. The Morgan fingerprint density at radius 1 is 1.08 bits per heavy atom. The molecular formula is C19H19Cl2NO2. The van der Waals surface area contributed by atoms with Crippen LogP contribution in [0.5, 0.6) is 0 Å². The second kappa shape index (κ2) is 7.14. The molecule has 0 unspecified atom stereocenters. The normalized spacial score (nSPS) is 19.7. The molecule has 2 aromatic rings. The van der Waals surface area contributed by atoms with Crippen molar-refractivity contribution < 1.29 is 9.53 Å². The SMILES string of the molecule is CN[C@H]1CC[C@@H](c2ccc(Cl)c(Cl)c2)c2cc(C(=O)OC)ccc21. The van der Waals surface area contributed by atoms with Crippen LogP contribution in [-0.4, -0.2) is 20.1 Å². The summed E-state index contributed by atoms with van der Waals surface area (Å²) in [5.41, 5.74) is 4.04. The summed E-state index contributed by atoms with van der Waals surface area (Å²) >= 11 is 12.2. The summed E-state index contributed by atoms with van der Waals surface area (Å²) in [6, 6.07) is 11.8. The summed E-state index contributed by atoms with van der Waals surface area (Å²) in [5, 5.41) is 4.45. The molecule has 0 bridgehead atoms. The van der Waals surface area contributed by atoms with Crippen molar-refractivity contribution in [3.8, 4) is 0 Å². The van der Waals surface area contributed by atoms with Crippen LogP contribution in [0.25, 0.3) is 0 Å². The minimum absolute atomic E-state index is 0.184. The molecule has 2 atom stereocenters. The van der Waals surface area contributed by atoms with E-state index in [2.05, 4.69) is 5.32 Å². The molecule has 1 N–H and O–H groups in total. The van der Waals surface area contributed by atoms with Gasteiger partial charge in [-0.3, -0.25) is 0 Å². The number of ether oxygens (including phenoxy) is 1. The van der Waals surface area contributed by atoms with Gasteiger partial charge in [-0.1, -0.05) is 35.3 Å². The molecule has 1 aliphatic carbocycles. The molecular weight excluding hydrogens is 345 g/mol. The number of hydrogen-bond donors (Lipinski definition) is 1. The van der Waals surface area contributed by atoms with E-state index >= 15 is 0 Å². The van der Waals surface area contributed by atoms with Gasteiger partial charge >= 0.3 is 5.97 Å². The molecule has 3 nitrogen and oxygen atoms in total. The highest BCUT2D eigenvalue weighted by Gasteiger charge is 2.28. The predicted octanol–water partition coefficient (Wildman–Crippen LogP) is 4.97. The standard InChI is InChI=1S/C19H19Cl2NO2/c1-22-18-8-6-13(11-4-7-16(20)17(21)10-11)15-9-12(19(23)24-2)3-5-14(15)18/h3-5,7,9-10,13,18,22H,6,8H2,1-2H3/t13-,18-/m0/s1. The van der Waals surface area contributed by atoms with Crippen molar-refractivity contribution in [2.24, 2.45) is 0 Å². The van der Waals surface area contributed by atoms with Gasteiger partial charge < -0.3 is 10.1 Å². The van der Waals surface area contributed by atoms with Crippen molar-refractivity contribution in [2.45, 2.75) is 24.8 Å². The molecule has 0 fully saturated rings. The third kappa shape index (κ3) is 3.16. The zero-order valence-electron chi connectivity index (χ0n) is 13.6. The van der Waals surface area contributed by atoms with Gasteiger partial charge in [0, 0.05) is 12.0 Å². The van der Waals surface area contributed by atoms with Gasteiger partial charge in [-0.25, -0.2) is 4.79 Å². The number of carbonyl (C=O) groups is 1. The summed E-state index contributed by atoms with van der Waals surface area (Å²) in [5.74, 6) is -0.138.